The van der Waals surface area contributed by atoms with Gasteiger partial charge >= 0.3 is 0 Å². The third-order valence-corrected chi connectivity index (χ3v) is 5.93. The average Bonchev–Trinajstić information content (AvgIpc) is 2.93. The van der Waals surface area contributed by atoms with Gasteiger partial charge in [0.2, 0.25) is 0 Å². The first-order valence-electron chi connectivity index (χ1n) is 8.80. The van der Waals surface area contributed by atoms with Crippen molar-refractivity contribution >= 4 is 21.4 Å². The highest BCUT2D eigenvalue weighted by atomic mass is 32.2. The smallest absolute Gasteiger partial charge is 0.262 e. The number of aryl methyl sites for hydroxylation is 2. The van der Waals surface area contributed by atoms with Crippen LogP contribution in [0, 0.1) is 13.8 Å². The van der Waals surface area contributed by atoms with E-state index >= 15 is 0 Å². The van der Waals surface area contributed by atoms with Crippen molar-refractivity contribution in [3.8, 4) is 5.75 Å². The van der Waals surface area contributed by atoms with Crippen LogP contribution in [-0.4, -0.2) is 25.3 Å². The number of methoxy groups -OCH3 is 1. The van der Waals surface area contributed by atoms with Crippen molar-refractivity contribution in [1.82, 2.24) is 9.78 Å². The molecule has 2 aromatic carbocycles. The first-order valence-corrected chi connectivity index (χ1v) is 10.3. The molecule has 0 aliphatic rings. The van der Waals surface area contributed by atoms with Gasteiger partial charge in [-0.2, -0.15) is 5.10 Å². The van der Waals surface area contributed by atoms with Crippen LogP contribution in [0.1, 0.15) is 17.0 Å². The maximum atomic E-state index is 12.7. The van der Waals surface area contributed by atoms with Gasteiger partial charge in [-0.25, -0.2) is 8.42 Å². The second-order valence-corrected chi connectivity index (χ2v) is 8.18. The van der Waals surface area contributed by atoms with Crippen LogP contribution in [0.4, 0.5) is 11.4 Å². The van der Waals surface area contributed by atoms with Crippen LogP contribution in [0.15, 0.2) is 53.4 Å². The molecule has 0 saturated heterocycles. The maximum Gasteiger partial charge on any atom is 0.262 e. The van der Waals surface area contributed by atoms with Crippen molar-refractivity contribution in [3.63, 3.8) is 0 Å². The Kier molecular flexibility index (Phi) is 5.60. The van der Waals surface area contributed by atoms with E-state index in [9.17, 15) is 8.42 Å². The van der Waals surface area contributed by atoms with Crippen LogP contribution in [0.25, 0.3) is 0 Å². The number of hydrogen-bond donors (Lipinski definition) is 2. The molecule has 0 aliphatic heterocycles. The highest BCUT2D eigenvalue weighted by Crippen LogP contribution is 2.23. The van der Waals surface area contributed by atoms with E-state index in [-0.39, 0.29) is 4.90 Å². The standard InChI is InChI=1S/C20H24N4O3S/c1-14-20(15(2)24(3)22-14)23-28(25,26)19-11-5-16(6-12-19)13-21-17-7-9-18(27-4)10-8-17/h5-12,21,23H,13H2,1-4H3. The van der Waals surface area contributed by atoms with Crippen molar-refractivity contribution in [2.24, 2.45) is 7.05 Å². The minimum atomic E-state index is -3.67. The van der Waals surface area contributed by atoms with E-state index in [1.807, 2.05) is 31.2 Å². The summed E-state index contributed by atoms with van der Waals surface area (Å²) in [5.74, 6) is 0.798. The number of nitrogens with one attached hydrogen (secondary N) is 2. The van der Waals surface area contributed by atoms with E-state index in [2.05, 4.69) is 15.1 Å². The molecule has 0 radical (unpaired) electrons. The Morgan fingerprint density at radius 1 is 1.04 bits per heavy atom. The SMILES string of the molecule is COc1ccc(NCc2ccc(S(=O)(=O)Nc3c(C)nn(C)c3C)cc2)cc1. The average molecular weight is 401 g/mol. The Balaban J connectivity index is 1.68. The fraction of sp³-hybridized carbons (Fsp3) is 0.250. The zero-order valence-electron chi connectivity index (χ0n) is 16.4. The number of nitrogens with zero attached hydrogens (tertiary/aromatic N) is 2. The van der Waals surface area contributed by atoms with Crippen LogP contribution in [-0.2, 0) is 23.6 Å². The van der Waals surface area contributed by atoms with Crippen LogP contribution < -0.4 is 14.8 Å². The van der Waals surface area contributed by atoms with Gasteiger partial charge in [0.15, 0.2) is 0 Å². The van der Waals surface area contributed by atoms with Gasteiger partial charge in [0.05, 0.1) is 29.1 Å². The first kappa shape index (κ1) is 19.8. The Hall–Kier alpha value is -3.00. The normalized spacial score (nSPS) is 11.3. The molecule has 8 heteroatoms. The second kappa shape index (κ2) is 7.93. The molecule has 0 spiro atoms. The van der Waals surface area contributed by atoms with Gasteiger partial charge in [0, 0.05) is 19.3 Å². The lowest BCUT2D eigenvalue weighted by molar-refractivity contribution is 0.415. The molecule has 0 fully saturated rings. The molecule has 0 amide bonds. The Bertz CT molecular complexity index is 1060. The highest BCUT2D eigenvalue weighted by molar-refractivity contribution is 7.92. The highest BCUT2D eigenvalue weighted by Gasteiger charge is 2.19. The van der Waals surface area contributed by atoms with Crippen LogP contribution in [0.3, 0.4) is 0 Å². The molecule has 2 N–H and O–H groups in total. The largest absolute Gasteiger partial charge is 0.497 e. The molecule has 1 heterocycles. The Morgan fingerprint density at radius 3 is 2.21 bits per heavy atom. The number of sulfonamides is 1. The van der Waals surface area contributed by atoms with Crippen molar-refractivity contribution < 1.29 is 13.2 Å². The monoisotopic (exact) mass is 400 g/mol. The maximum absolute atomic E-state index is 12.7. The summed E-state index contributed by atoms with van der Waals surface area (Å²) < 4.78 is 34.8. The van der Waals surface area contributed by atoms with Gasteiger partial charge in [0.25, 0.3) is 10.0 Å². The van der Waals surface area contributed by atoms with Crippen molar-refractivity contribution in [2.45, 2.75) is 25.3 Å². The molecule has 7 nitrogen and oxygen atoms in total. The number of rotatable bonds is 7. The molecule has 3 aromatic rings. The predicted octanol–water partition coefficient (Wildman–Crippen LogP) is 3.46. The summed E-state index contributed by atoms with van der Waals surface area (Å²) in [5, 5.41) is 7.54. The van der Waals surface area contributed by atoms with E-state index in [0.29, 0.717) is 17.9 Å². The topological polar surface area (TPSA) is 85.2 Å². The number of benzene rings is 2. The van der Waals surface area contributed by atoms with Gasteiger partial charge in [0.1, 0.15) is 5.75 Å². The first-order chi connectivity index (χ1) is 13.3. The molecule has 3 rings (SSSR count). The van der Waals surface area contributed by atoms with E-state index in [1.54, 1.807) is 50.0 Å². The lowest BCUT2D eigenvalue weighted by atomic mass is 10.2. The number of hydrogen-bond acceptors (Lipinski definition) is 5. The summed E-state index contributed by atoms with van der Waals surface area (Å²) in [6, 6.07) is 14.4. The van der Waals surface area contributed by atoms with Gasteiger partial charge < -0.3 is 10.1 Å². The number of ether oxygens (including phenoxy) is 1. The molecule has 0 atom stereocenters. The summed E-state index contributed by atoms with van der Waals surface area (Å²) in [6.45, 7) is 4.19. The summed E-state index contributed by atoms with van der Waals surface area (Å²) in [5.41, 5.74) is 3.86. The van der Waals surface area contributed by atoms with E-state index in [4.69, 9.17) is 4.74 Å². The fourth-order valence-corrected chi connectivity index (χ4v) is 3.99. The zero-order chi connectivity index (χ0) is 20.3. The van der Waals surface area contributed by atoms with E-state index in [1.165, 1.54) is 0 Å². The van der Waals surface area contributed by atoms with Crippen LogP contribution in [0.5, 0.6) is 5.75 Å². The van der Waals surface area contributed by atoms with Gasteiger partial charge in [-0.05, 0) is 55.8 Å². The second-order valence-electron chi connectivity index (χ2n) is 6.50. The summed E-state index contributed by atoms with van der Waals surface area (Å²) in [6.07, 6.45) is 0. The lowest BCUT2D eigenvalue weighted by Crippen LogP contribution is -2.14. The van der Waals surface area contributed by atoms with Crippen LogP contribution in [0.2, 0.25) is 0 Å². The van der Waals surface area contributed by atoms with Crippen LogP contribution >= 0.6 is 0 Å². The van der Waals surface area contributed by atoms with E-state index in [0.717, 1.165) is 22.7 Å². The lowest BCUT2D eigenvalue weighted by Gasteiger charge is -2.10. The molecule has 0 aliphatic carbocycles. The van der Waals surface area contributed by atoms with Gasteiger partial charge in [-0.3, -0.25) is 9.40 Å². The molecule has 148 valence electrons. The van der Waals surface area contributed by atoms with Gasteiger partial charge in [-0.15, -0.1) is 0 Å². The van der Waals surface area contributed by atoms with E-state index < -0.39 is 10.0 Å². The van der Waals surface area contributed by atoms with Crippen molar-refractivity contribution in [1.29, 1.82) is 0 Å². The summed E-state index contributed by atoms with van der Waals surface area (Å²) >= 11 is 0. The summed E-state index contributed by atoms with van der Waals surface area (Å²) in [4.78, 5) is 0.211. The molecule has 1 aromatic heterocycles. The third kappa shape index (κ3) is 4.28. The molecular formula is C20H24N4O3S. The molecule has 0 saturated carbocycles. The number of aromatic nitrogens is 2. The Labute approximate surface area is 165 Å². The third-order valence-electron chi connectivity index (χ3n) is 4.57. The molecular weight excluding hydrogens is 376 g/mol. The quantitative estimate of drug-likeness (QED) is 0.634. The predicted molar refractivity (Wildman–Crippen MR) is 110 cm³/mol. The van der Waals surface area contributed by atoms with Gasteiger partial charge in [-0.1, -0.05) is 12.1 Å². The minimum absolute atomic E-state index is 0.211. The van der Waals surface area contributed by atoms with Crippen molar-refractivity contribution in [2.75, 3.05) is 17.1 Å². The Morgan fingerprint density at radius 2 is 1.68 bits per heavy atom. The fourth-order valence-electron chi connectivity index (χ4n) is 2.81. The van der Waals surface area contributed by atoms with Crippen molar-refractivity contribution in [3.05, 3.63) is 65.5 Å². The zero-order valence-corrected chi connectivity index (χ0v) is 17.2. The minimum Gasteiger partial charge on any atom is -0.497 e. The molecule has 0 unspecified atom stereocenters. The molecule has 0 bridgehead atoms. The number of anilines is 2. The molecule has 28 heavy (non-hydrogen) atoms. The summed E-state index contributed by atoms with van der Waals surface area (Å²) in [7, 11) is -0.263.